The maximum absolute atomic E-state index is 13.1. The van der Waals surface area contributed by atoms with Crippen molar-refractivity contribution in [1.29, 1.82) is 0 Å². The lowest BCUT2D eigenvalue weighted by molar-refractivity contribution is 0.0469. The molecule has 162 valence electrons. The minimum absolute atomic E-state index is 0.0403. The van der Waals surface area contributed by atoms with Crippen molar-refractivity contribution in [2.45, 2.75) is 37.2 Å². The first-order chi connectivity index (χ1) is 14.3. The van der Waals surface area contributed by atoms with Crippen molar-refractivity contribution >= 4 is 39.2 Å². The van der Waals surface area contributed by atoms with Crippen molar-refractivity contribution in [2.75, 3.05) is 20.2 Å². The summed E-state index contributed by atoms with van der Waals surface area (Å²) in [5.74, 6) is -0.470. The van der Waals surface area contributed by atoms with E-state index >= 15 is 0 Å². The highest BCUT2D eigenvalue weighted by molar-refractivity contribution is 7.89. The van der Waals surface area contributed by atoms with Gasteiger partial charge in [0.25, 0.3) is 0 Å². The maximum atomic E-state index is 13.1. The van der Waals surface area contributed by atoms with Gasteiger partial charge in [-0.3, -0.25) is 0 Å². The summed E-state index contributed by atoms with van der Waals surface area (Å²) < 4.78 is 38.2. The van der Waals surface area contributed by atoms with Gasteiger partial charge in [0.15, 0.2) is 0 Å². The van der Waals surface area contributed by atoms with E-state index in [9.17, 15) is 13.2 Å². The van der Waals surface area contributed by atoms with Gasteiger partial charge in [0.1, 0.15) is 17.9 Å². The molecule has 30 heavy (non-hydrogen) atoms. The molecule has 0 amide bonds. The van der Waals surface area contributed by atoms with Crippen molar-refractivity contribution < 1.29 is 22.7 Å². The van der Waals surface area contributed by atoms with Gasteiger partial charge in [0, 0.05) is 28.7 Å². The summed E-state index contributed by atoms with van der Waals surface area (Å²) in [6.45, 7) is 0.869. The molecule has 0 unspecified atom stereocenters. The first kappa shape index (κ1) is 22.9. The molecular weight excluding hydrogens is 449 g/mol. The molecular formula is C21H23Cl2NO5S. The van der Waals surface area contributed by atoms with Crippen molar-refractivity contribution in [3.8, 4) is 5.75 Å². The van der Waals surface area contributed by atoms with Crippen LogP contribution in [0.1, 0.15) is 41.6 Å². The molecule has 0 radical (unpaired) electrons. The SMILES string of the molecule is COc1ccc(S(=O)(=O)N2CCCCCC2)cc1C(=O)OCc1ccc(Cl)cc1Cl. The van der Waals surface area contributed by atoms with Crippen LogP contribution in [0.25, 0.3) is 0 Å². The molecule has 0 aliphatic carbocycles. The average molecular weight is 472 g/mol. The fourth-order valence-corrected chi connectivity index (χ4v) is 5.30. The van der Waals surface area contributed by atoms with Crippen LogP contribution >= 0.6 is 23.2 Å². The monoisotopic (exact) mass is 471 g/mol. The largest absolute Gasteiger partial charge is 0.496 e. The van der Waals surface area contributed by atoms with Gasteiger partial charge in [0.2, 0.25) is 10.0 Å². The van der Waals surface area contributed by atoms with Crippen LogP contribution < -0.4 is 4.74 Å². The zero-order valence-corrected chi connectivity index (χ0v) is 18.9. The Morgan fingerprint density at radius 3 is 2.37 bits per heavy atom. The van der Waals surface area contributed by atoms with E-state index < -0.39 is 16.0 Å². The number of halogens is 2. The van der Waals surface area contributed by atoms with Crippen molar-refractivity contribution in [3.63, 3.8) is 0 Å². The molecule has 6 nitrogen and oxygen atoms in total. The molecule has 1 heterocycles. The van der Waals surface area contributed by atoms with E-state index in [-0.39, 0.29) is 22.8 Å². The molecule has 9 heteroatoms. The van der Waals surface area contributed by atoms with Crippen LogP contribution in [0.3, 0.4) is 0 Å². The smallest absolute Gasteiger partial charge is 0.342 e. The highest BCUT2D eigenvalue weighted by Crippen LogP contribution is 2.28. The highest BCUT2D eigenvalue weighted by Gasteiger charge is 2.27. The van der Waals surface area contributed by atoms with E-state index in [0.717, 1.165) is 25.7 Å². The standard InChI is InChI=1S/C21H23Cl2NO5S/c1-28-20-9-8-17(30(26,27)24-10-4-2-3-5-11-24)13-18(20)21(25)29-14-15-6-7-16(22)12-19(15)23/h6-9,12-13H,2-5,10-11,14H2,1H3. The lowest BCUT2D eigenvalue weighted by Gasteiger charge is -2.20. The van der Waals surface area contributed by atoms with Gasteiger partial charge in [-0.05, 0) is 43.2 Å². The van der Waals surface area contributed by atoms with E-state index in [2.05, 4.69) is 0 Å². The number of benzene rings is 2. The summed E-state index contributed by atoms with van der Waals surface area (Å²) >= 11 is 12.0. The minimum Gasteiger partial charge on any atom is -0.496 e. The number of hydrogen-bond donors (Lipinski definition) is 0. The van der Waals surface area contributed by atoms with Crippen LogP contribution in [0.5, 0.6) is 5.75 Å². The van der Waals surface area contributed by atoms with Crippen LogP contribution in [0.15, 0.2) is 41.3 Å². The quantitative estimate of drug-likeness (QED) is 0.558. The molecule has 0 N–H and O–H groups in total. The highest BCUT2D eigenvalue weighted by atomic mass is 35.5. The van der Waals surface area contributed by atoms with E-state index in [1.54, 1.807) is 18.2 Å². The number of carbonyl (C=O) groups is 1. The number of hydrogen-bond acceptors (Lipinski definition) is 5. The topological polar surface area (TPSA) is 72.9 Å². The van der Waals surface area contributed by atoms with E-state index in [1.807, 2.05) is 0 Å². The fourth-order valence-electron chi connectivity index (χ4n) is 3.30. The van der Waals surface area contributed by atoms with Gasteiger partial charge in [-0.1, -0.05) is 42.1 Å². The summed E-state index contributed by atoms with van der Waals surface area (Å²) in [6.07, 6.45) is 3.68. The summed E-state index contributed by atoms with van der Waals surface area (Å²) in [6, 6.07) is 9.09. The van der Waals surface area contributed by atoms with Gasteiger partial charge >= 0.3 is 5.97 Å². The number of carbonyl (C=O) groups excluding carboxylic acids is 1. The second kappa shape index (κ2) is 10.0. The molecule has 0 atom stereocenters. The molecule has 2 aromatic rings. The molecule has 0 spiro atoms. The molecule has 1 saturated heterocycles. The Labute approximate surface area is 186 Å². The van der Waals surface area contributed by atoms with Crippen molar-refractivity contribution in [1.82, 2.24) is 4.31 Å². The third kappa shape index (κ3) is 5.27. The summed E-state index contributed by atoms with van der Waals surface area (Å²) in [4.78, 5) is 12.7. The number of methoxy groups -OCH3 is 1. The predicted molar refractivity (Wildman–Crippen MR) is 116 cm³/mol. The second-order valence-corrected chi connectivity index (χ2v) is 9.77. The summed E-state index contributed by atoms with van der Waals surface area (Å²) in [5.41, 5.74) is 0.625. The van der Waals surface area contributed by atoms with E-state index in [1.165, 1.54) is 29.6 Å². The Balaban J connectivity index is 1.83. The van der Waals surface area contributed by atoms with Gasteiger partial charge in [-0.15, -0.1) is 0 Å². The van der Waals surface area contributed by atoms with Crippen LogP contribution in [0.2, 0.25) is 10.0 Å². The van der Waals surface area contributed by atoms with Gasteiger partial charge < -0.3 is 9.47 Å². The van der Waals surface area contributed by atoms with Crippen molar-refractivity contribution in [3.05, 3.63) is 57.6 Å². The molecule has 1 aliphatic rings. The number of nitrogens with zero attached hydrogens (tertiary/aromatic N) is 1. The normalized spacial score (nSPS) is 15.4. The predicted octanol–water partition coefficient (Wildman–Crippen LogP) is 4.92. The van der Waals surface area contributed by atoms with Gasteiger partial charge in [-0.2, -0.15) is 4.31 Å². The summed E-state index contributed by atoms with van der Waals surface area (Å²) in [5, 5.41) is 0.850. The van der Waals surface area contributed by atoms with Crippen molar-refractivity contribution in [2.24, 2.45) is 0 Å². The first-order valence-electron chi connectivity index (χ1n) is 9.62. The lowest BCUT2D eigenvalue weighted by Crippen LogP contribution is -2.32. The molecule has 2 aromatic carbocycles. The number of esters is 1. The second-order valence-electron chi connectivity index (χ2n) is 6.99. The molecule has 3 rings (SSSR count). The Hall–Kier alpha value is -1.80. The fraction of sp³-hybridized carbons (Fsp3) is 0.381. The first-order valence-corrected chi connectivity index (χ1v) is 11.8. The third-order valence-corrected chi connectivity index (χ3v) is 7.45. The Kier molecular flexibility index (Phi) is 7.63. The Bertz CT molecular complexity index is 1020. The molecule has 0 bridgehead atoms. The van der Waals surface area contributed by atoms with Crippen LogP contribution in [-0.4, -0.2) is 38.9 Å². The number of sulfonamides is 1. The molecule has 1 fully saturated rings. The van der Waals surface area contributed by atoms with E-state index in [4.69, 9.17) is 32.7 Å². The maximum Gasteiger partial charge on any atom is 0.342 e. The molecule has 0 saturated carbocycles. The number of ether oxygens (including phenoxy) is 2. The lowest BCUT2D eigenvalue weighted by atomic mass is 10.2. The van der Waals surface area contributed by atoms with Crippen LogP contribution in [0.4, 0.5) is 0 Å². The zero-order valence-electron chi connectivity index (χ0n) is 16.6. The Morgan fingerprint density at radius 1 is 1.03 bits per heavy atom. The Morgan fingerprint density at radius 2 is 1.73 bits per heavy atom. The zero-order chi connectivity index (χ0) is 21.7. The van der Waals surface area contributed by atoms with Crippen LogP contribution in [-0.2, 0) is 21.4 Å². The summed E-state index contributed by atoms with van der Waals surface area (Å²) in [7, 11) is -2.30. The minimum atomic E-state index is -3.71. The van der Waals surface area contributed by atoms with E-state index in [0.29, 0.717) is 28.7 Å². The third-order valence-electron chi connectivity index (χ3n) is 4.97. The van der Waals surface area contributed by atoms with Gasteiger partial charge in [0.05, 0.1) is 12.0 Å². The number of rotatable bonds is 6. The molecule has 0 aromatic heterocycles. The molecule has 1 aliphatic heterocycles. The average Bonchev–Trinajstić information content (AvgIpc) is 3.02. The van der Waals surface area contributed by atoms with Gasteiger partial charge in [-0.25, -0.2) is 13.2 Å². The van der Waals surface area contributed by atoms with Crippen LogP contribution in [0, 0.1) is 0 Å².